The van der Waals surface area contributed by atoms with Crippen LogP contribution in [0.2, 0.25) is 5.02 Å². The van der Waals surface area contributed by atoms with Crippen molar-refractivity contribution < 1.29 is 14.3 Å². The molecule has 10 nitrogen and oxygen atoms in total. The summed E-state index contributed by atoms with van der Waals surface area (Å²) in [6, 6.07) is 4.69. The molecule has 0 bridgehead atoms. The lowest BCUT2D eigenvalue weighted by Gasteiger charge is -2.43. The van der Waals surface area contributed by atoms with Crippen LogP contribution < -0.4 is 10.6 Å². The molecule has 3 N–H and O–H groups in total. The van der Waals surface area contributed by atoms with E-state index >= 15 is 0 Å². The van der Waals surface area contributed by atoms with Crippen molar-refractivity contribution >= 4 is 50.9 Å². The lowest BCUT2D eigenvalue weighted by Crippen LogP contribution is -2.60. The number of aromatic amines is 1. The third-order valence-electron chi connectivity index (χ3n) is 6.37. The monoisotopic (exact) mass is 521 g/mol. The van der Waals surface area contributed by atoms with Crippen LogP contribution in [-0.4, -0.2) is 74.0 Å². The molecule has 0 spiro atoms. The predicted molar refractivity (Wildman–Crippen MR) is 142 cm³/mol. The number of nitrogens with zero attached hydrogens (tertiary/aromatic N) is 4. The molecular formula is C26H28ClN7O3. The van der Waals surface area contributed by atoms with Crippen molar-refractivity contribution in [2.75, 3.05) is 25.0 Å². The number of carbonyl (C=O) groups excluding carboxylic acids is 2. The van der Waals surface area contributed by atoms with Crippen molar-refractivity contribution in [3.05, 3.63) is 59.9 Å². The standard InChI is InChI=1S/C26H28ClN7O3/c1-15(31-24(35)21-11-29-6-7-30-21)12-34-14-26(2,3)37-13-22(34)25(36)33-19-9-16(27)8-18-17-4-5-28-10-20(17)32-23(18)19/h4-11,15,22,32H,12-14H2,1-3H3,(H,31,35)(H,33,36)/t15-,22?/m0/s1. The van der Waals surface area contributed by atoms with Gasteiger partial charge in [-0.1, -0.05) is 11.6 Å². The Balaban J connectivity index is 1.36. The summed E-state index contributed by atoms with van der Waals surface area (Å²) in [6.07, 6.45) is 7.87. The SMILES string of the molecule is C[C@@H](CN1CC(C)(C)OCC1C(=O)Nc1cc(Cl)cc2c1[nH]c1cnccc12)NC(=O)c1cnccn1. The molecule has 37 heavy (non-hydrogen) atoms. The number of amides is 2. The molecule has 4 heterocycles. The number of aromatic nitrogens is 4. The first-order valence-electron chi connectivity index (χ1n) is 12.0. The number of carbonyl (C=O) groups is 2. The molecule has 1 aliphatic heterocycles. The topological polar surface area (TPSA) is 125 Å². The molecule has 1 saturated heterocycles. The molecule has 192 valence electrons. The Hall–Kier alpha value is -3.60. The fourth-order valence-corrected chi connectivity index (χ4v) is 4.95. The predicted octanol–water partition coefficient (Wildman–Crippen LogP) is 3.40. The zero-order valence-electron chi connectivity index (χ0n) is 20.8. The number of benzene rings is 1. The third kappa shape index (κ3) is 5.41. The van der Waals surface area contributed by atoms with E-state index in [1.807, 2.05) is 37.8 Å². The number of morpholine rings is 1. The Morgan fingerprint density at radius 2 is 2.03 bits per heavy atom. The maximum atomic E-state index is 13.6. The fourth-order valence-electron chi connectivity index (χ4n) is 4.73. The highest BCUT2D eigenvalue weighted by molar-refractivity contribution is 6.33. The van der Waals surface area contributed by atoms with Crippen molar-refractivity contribution in [3.8, 4) is 0 Å². The van der Waals surface area contributed by atoms with Crippen molar-refractivity contribution in [3.63, 3.8) is 0 Å². The van der Waals surface area contributed by atoms with E-state index in [-0.39, 0.29) is 30.2 Å². The number of nitrogens with one attached hydrogen (secondary N) is 3. The van der Waals surface area contributed by atoms with Gasteiger partial charge in [0.15, 0.2) is 0 Å². The van der Waals surface area contributed by atoms with Gasteiger partial charge >= 0.3 is 0 Å². The van der Waals surface area contributed by atoms with Crippen LogP contribution in [0.1, 0.15) is 31.3 Å². The van der Waals surface area contributed by atoms with Crippen molar-refractivity contribution in [2.24, 2.45) is 0 Å². The quantitative estimate of drug-likeness (QED) is 0.355. The Kier molecular flexibility index (Phi) is 6.80. The molecule has 3 aromatic heterocycles. The Morgan fingerprint density at radius 1 is 1.22 bits per heavy atom. The minimum Gasteiger partial charge on any atom is -0.372 e. The van der Waals surface area contributed by atoms with Crippen molar-refractivity contribution in [1.29, 1.82) is 0 Å². The molecule has 0 saturated carbocycles. The van der Waals surface area contributed by atoms with Gasteiger partial charge in [0.05, 0.1) is 41.3 Å². The second-order valence-electron chi connectivity index (χ2n) is 9.89. The van der Waals surface area contributed by atoms with Gasteiger partial charge in [0.25, 0.3) is 5.91 Å². The van der Waals surface area contributed by atoms with Gasteiger partial charge in [-0.05, 0) is 39.0 Å². The molecule has 1 fully saturated rings. The van der Waals surface area contributed by atoms with Crippen molar-refractivity contribution in [2.45, 2.75) is 38.5 Å². The maximum Gasteiger partial charge on any atom is 0.271 e. The summed E-state index contributed by atoms with van der Waals surface area (Å²) in [5, 5.41) is 8.38. The molecule has 1 unspecified atom stereocenters. The zero-order valence-corrected chi connectivity index (χ0v) is 21.5. The molecular weight excluding hydrogens is 494 g/mol. The highest BCUT2D eigenvalue weighted by Gasteiger charge is 2.38. The van der Waals surface area contributed by atoms with Crippen LogP contribution in [0, 0.1) is 0 Å². The van der Waals surface area contributed by atoms with E-state index in [1.54, 1.807) is 18.5 Å². The smallest absolute Gasteiger partial charge is 0.271 e. The van der Waals surface area contributed by atoms with Gasteiger partial charge in [0.2, 0.25) is 5.91 Å². The summed E-state index contributed by atoms with van der Waals surface area (Å²) in [5.74, 6) is -0.535. The maximum absolute atomic E-state index is 13.6. The molecule has 1 aromatic carbocycles. The van der Waals surface area contributed by atoms with Crippen LogP contribution in [0.5, 0.6) is 0 Å². The normalized spacial score (nSPS) is 18.5. The van der Waals surface area contributed by atoms with Crippen LogP contribution in [0.15, 0.2) is 49.2 Å². The second kappa shape index (κ2) is 10.0. The molecule has 2 atom stereocenters. The van der Waals surface area contributed by atoms with E-state index in [2.05, 4.69) is 30.6 Å². The molecule has 1 aliphatic rings. The van der Waals surface area contributed by atoms with Gasteiger partial charge in [-0.25, -0.2) is 4.98 Å². The first-order chi connectivity index (χ1) is 17.7. The number of hydrogen-bond donors (Lipinski definition) is 3. The van der Waals surface area contributed by atoms with E-state index in [0.717, 1.165) is 21.8 Å². The van der Waals surface area contributed by atoms with E-state index in [0.29, 0.717) is 23.8 Å². The number of anilines is 1. The lowest BCUT2D eigenvalue weighted by molar-refractivity contribution is -0.143. The Morgan fingerprint density at radius 3 is 2.81 bits per heavy atom. The van der Waals surface area contributed by atoms with Gasteiger partial charge in [0, 0.05) is 53.5 Å². The largest absolute Gasteiger partial charge is 0.372 e. The molecule has 0 radical (unpaired) electrons. The summed E-state index contributed by atoms with van der Waals surface area (Å²) < 4.78 is 6.01. The van der Waals surface area contributed by atoms with Crippen LogP contribution in [-0.2, 0) is 9.53 Å². The van der Waals surface area contributed by atoms with Crippen LogP contribution >= 0.6 is 11.6 Å². The molecule has 0 aliphatic carbocycles. The fraction of sp³-hybridized carbons (Fsp3) is 0.346. The number of rotatable bonds is 6. The second-order valence-corrected chi connectivity index (χ2v) is 10.3. The van der Waals surface area contributed by atoms with Gasteiger partial charge in [0.1, 0.15) is 11.7 Å². The van der Waals surface area contributed by atoms with E-state index in [4.69, 9.17) is 16.3 Å². The van der Waals surface area contributed by atoms with E-state index in [9.17, 15) is 9.59 Å². The first-order valence-corrected chi connectivity index (χ1v) is 12.4. The van der Waals surface area contributed by atoms with E-state index < -0.39 is 11.6 Å². The van der Waals surface area contributed by atoms with Gasteiger partial charge in [-0.2, -0.15) is 0 Å². The van der Waals surface area contributed by atoms with E-state index in [1.165, 1.54) is 18.6 Å². The third-order valence-corrected chi connectivity index (χ3v) is 6.59. The van der Waals surface area contributed by atoms with Gasteiger partial charge in [-0.15, -0.1) is 0 Å². The summed E-state index contributed by atoms with van der Waals surface area (Å²) >= 11 is 6.42. The molecule has 2 amide bonds. The Labute approximate surface area is 218 Å². The number of H-pyrrole nitrogens is 1. The number of fused-ring (bicyclic) bond motifs is 3. The average Bonchev–Trinajstić information content (AvgIpc) is 3.23. The Bertz CT molecular complexity index is 1460. The summed E-state index contributed by atoms with van der Waals surface area (Å²) in [6.45, 7) is 7.03. The molecule has 4 aromatic rings. The zero-order chi connectivity index (χ0) is 26.2. The number of halogens is 1. The minimum absolute atomic E-state index is 0.212. The number of hydrogen-bond acceptors (Lipinski definition) is 7. The lowest BCUT2D eigenvalue weighted by atomic mass is 10.0. The van der Waals surface area contributed by atoms with Crippen LogP contribution in [0.4, 0.5) is 5.69 Å². The minimum atomic E-state index is -0.566. The first kappa shape index (κ1) is 25.1. The average molecular weight is 522 g/mol. The molecule has 5 rings (SSSR count). The van der Waals surface area contributed by atoms with Gasteiger partial charge in [-0.3, -0.25) is 24.5 Å². The highest BCUT2D eigenvalue weighted by atomic mass is 35.5. The summed E-state index contributed by atoms with van der Waals surface area (Å²) in [7, 11) is 0. The highest BCUT2D eigenvalue weighted by Crippen LogP contribution is 2.33. The summed E-state index contributed by atoms with van der Waals surface area (Å²) in [5.41, 5.74) is 2.00. The van der Waals surface area contributed by atoms with Crippen molar-refractivity contribution in [1.82, 2.24) is 30.2 Å². The number of pyridine rings is 1. The van der Waals surface area contributed by atoms with Crippen LogP contribution in [0.3, 0.4) is 0 Å². The molecule has 11 heteroatoms. The number of ether oxygens (including phenoxy) is 1. The van der Waals surface area contributed by atoms with Crippen LogP contribution in [0.25, 0.3) is 21.8 Å². The summed E-state index contributed by atoms with van der Waals surface area (Å²) in [4.78, 5) is 43.7. The van der Waals surface area contributed by atoms with Gasteiger partial charge < -0.3 is 20.4 Å².